The fraction of sp³-hybridized carbons (Fsp3) is 0.150. The monoisotopic (exact) mass is 331 g/mol. The maximum atomic E-state index is 6.00. The summed E-state index contributed by atoms with van der Waals surface area (Å²) in [6, 6.07) is 20.4. The Labute approximate surface area is 147 Å². The van der Waals surface area contributed by atoms with Crippen LogP contribution in [0.15, 0.2) is 65.7 Å². The SMILES string of the molecule is Cc1cc(C)nc(N=C(N)Nc2cccc(Cc3ccccc3)c2)n1. The highest BCUT2D eigenvalue weighted by Gasteiger charge is 2.02. The maximum Gasteiger partial charge on any atom is 0.253 e. The molecule has 126 valence electrons. The zero-order valence-corrected chi connectivity index (χ0v) is 14.4. The molecule has 0 radical (unpaired) electrons. The lowest BCUT2D eigenvalue weighted by atomic mass is 10.0. The second kappa shape index (κ2) is 7.57. The van der Waals surface area contributed by atoms with Crippen LogP contribution < -0.4 is 11.1 Å². The molecule has 0 saturated carbocycles. The van der Waals surface area contributed by atoms with Gasteiger partial charge in [0.2, 0.25) is 5.96 Å². The summed E-state index contributed by atoms with van der Waals surface area (Å²) in [5, 5.41) is 3.10. The molecule has 0 saturated heterocycles. The van der Waals surface area contributed by atoms with E-state index in [1.54, 1.807) is 0 Å². The van der Waals surface area contributed by atoms with Gasteiger partial charge in [0, 0.05) is 17.1 Å². The summed E-state index contributed by atoms with van der Waals surface area (Å²) in [6.07, 6.45) is 0.869. The summed E-state index contributed by atoms with van der Waals surface area (Å²) < 4.78 is 0. The fourth-order valence-corrected chi connectivity index (χ4v) is 2.63. The zero-order valence-electron chi connectivity index (χ0n) is 14.4. The zero-order chi connectivity index (χ0) is 17.6. The molecule has 3 N–H and O–H groups in total. The van der Waals surface area contributed by atoms with Crippen LogP contribution >= 0.6 is 0 Å². The fourth-order valence-electron chi connectivity index (χ4n) is 2.63. The van der Waals surface area contributed by atoms with E-state index < -0.39 is 0 Å². The van der Waals surface area contributed by atoms with Gasteiger partial charge in [0.25, 0.3) is 5.95 Å². The molecular weight excluding hydrogens is 310 g/mol. The molecule has 0 aliphatic rings. The predicted octanol–water partition coefficient (Wildman–Crippen LogP) is 3.74. The van der Waals surface area contributed by atoms with Gasteiger partial charge >= 0.3 is 0 Å². The largest absolute Gasteiger partial charge is 0.369 e. The molecule has 0 aliphatic heterocycles. The lowest BCUT2D eigenvalue weighted by Gasteiger charge is -2.08. The number of anilines is 1. The minimum Gasteiger partial charge on any atom is -0.369 e. The average molecular weight is 331 g/mol. The number of nitrogens with two attached hydrogens (primary N) is 1. The van der Waals surface area contributed by atoms with E-state index in [0.717, 1.165) is 23.5 Å². The van der Waals surface area contributed by atoms with E-state index in [0.29, 0.717) is 5.95 Å². The molecule has 0 bridgehead atoms. The Hall–Kier alpha value is -3.21. The van der Waals surface area contributed by atoms with Crippen LogP contribution in [0.25, 0.3) is 0 Å². The Balaban J connectivity index is 1.74. The number of aromatic nitrogens is 2. The van der Waals surface area contributed by atoms with Gasteiger partial charge in [-0.3, -0.25) is 0 Å². The minimum absolute atomic E-state index is 0.266. The summed E-state index contributed by atoms with van der Waals surface area (Å²) in [4.78, 5) is 12.8. The van der Waals surface area contributed by atoms with Crippen molar-refractivity contribution in [2.75, 3.05) is 5.32 Å². The van der Waals surface area contributed by atoms with Crippen molar-refractivity contribution < 1.29 is 0 Å². The Morgan fingerprint density at radius 3 is 2.32 bits per heavy atom. The second-order valence-corrected chi connectivity index (χ2v) is 5.94. The predicted molar refractivity (Wildman–Crippen MR) is 102 cm³/mol. The molecule has 5 heteroatoms. The highest BCUT2D eigenvalue weighted by atomic mass is 15.2. The molecule has 0 spiro atoms. The Morgan fingerprint density at radius 2 is 1.60 bits per heavy atom. The molecule has 3 aromatic rings. The third-order valence-electron chi connectivity index (χ3n) is 3.64. The topological polar surface area (TPSA) is 76.2 Å². The molecule has 0 atom stereocenters. The number of nitrogens with zero attached hydrogens (tertiary/aromatic N) is 3. The summed E-state index contributed by atoms with van der Waals surface area (Å²) in [6.45, 7) is 3.81. The molecule has 0 amide bonds. The number of guanidine groups is 1. The number of hydrogen-bond acceptors (Lipinski definition) is 3. The Bertz CT molecular complexity index is 867. The molecule has 1 heterocycles. The van der Waals surface area contributed by atoms with E-state index in [1.807, 2.05) is 50.2 Å². The summed E-state index contributed by atoms with van der Waals surface area (Å²) in [5.41, 5.74) is 11.1. The van der Waals surface area contributed by atoms with Gasteiger partial charge in [-0.05, 0) is 49.6 Å². The van der Waals surface area contributed by atoms with Gasteiger partial charge in [0.05, 0.1) is 0 Å². The van der Waals surface area contributed by atoms with Crippen molar-refractivity contribution in [2.45, 2.75) is 20.3 Å². The van der Waals surface area contributed by atoms with E-state index in [2.05, 4.69) is 44.5 Å². The van der Waals surface area contributed by atoms with Crippen LogP contribution in [0.4, 0.5) is 11.6 Å². The van der Waals surface area contributed by atoms with Crippen LogP contribution in [0.5, 0.6) is 0 Å². The highest BCUT2D eigenvalue weighted by molar-refractivity contribution is 5.93. The first-order valence-corrected chi connectivity index (χ1v) is 8.15. The molecule has 2 aromatic carbocycles. The quantitative estimate of drug-likeness (QED) is 0.564. The maximum absolute atomic E-state index is 6.00. The molecule has 0 fully saturated rings. The molecule has 0 unspecified atom stereocenters. The first-order valence-electron chi connectivity index (χ1n) is 8.15. The molecular formula is C20H21N5. The first kappa shape index (κ1) is 16.6. The first-order chi connectivity index (χ1) is 12.1. The van der Waals surface area contributed by atoms with Crippen LogP contribution in [-0.2, 0) is 6.42 Å². The third-order valence-corrected chi connectivity index (χ3v) is 3.64. The number of nitrogens with one attached hydrogen (secondary N) is 1. The van der Waals surface area contributed by atoms with Gasteiger partial charge in [-0.15, -0.1) is 0 Å². The van der Waals surface area contributed by atoms with Gasteiger partial charge in [-0.1, -0.05) is 42.5 Å². The smallest absolute Gasteiger partial charge is 0.253 e. The van der Waals surface area contributed by atoms with Crippen molar-refractivity contribution in [2.24, 2.45) is 10.7 Å². The Morgan fingerprint density at radius 1 is 0.920 bits per heavy atom. The van der Waals surface area contributed by atoms with Crippen LogP contribution in [0, 0.1) is 13.8 Å². The van der Waals surface area contributed by atoms with E-state index in [4.69, 9.17) is 5.73 Å². The average Bonchev–Trinajstić information content (AvgIpc) is 2.55. The molecule has 1 aromatic heterocycles. The number of aliphatic imine (C=N–C) groups is 1. The lowest BCUT2D eigenvalue weighted by Crippen LogP contribution is -2.22. The molecule has 25 heavy (non-hydrogen) atoms. The summed E-state index contributed by atoms with van der Waals surface area (Å²) in [5.74, 6) is 0.629. The number of rotatable bonds is 4. The van der Waals surface area contributed by atoms with Crippen molar-refractivity contribution >= 4 is 17.6 Å². The number of hydrogen-bond donors (Lipinski definition) is 2. The summed E-state index contributed by atoms with van der Waals surface area (Å²) in [7, 11) is 0. The standard InChI is InChI=1S/C20H21N5/c1-14-11-15(2)23-20(22-14)25-19(21)24-18-10-6-9-17(13-18)12-16-7-4-3-5-8-16/h3-11,13H,12H2,1-2H3,(H3,21,22,23,24,25). The van der Waals surface area contributed by atoms with E-state index in [-0.39, 0.29) is 5.96 Å². The van der Waals surface area contributed by atoms with Crippen molar-refractivity contribution in [3.63, 3.8) is 0 Å². The molecule has 0 aliphatic carbocycles. The van der Waals surface area contributed by atoms with E-state index in [9.17, 15) is 0 Å². The van der Waals surface area contributed by atoms with Crippen LogP contribution in [0.2, 0.25) is 0 Å². The second-order valence-electron chi connectivity index (χ2n) is 5.94. The van der Waals surface area contributed by atoms with E-state index in [1.165, 1.54) is 11.1 Å². The minimum atomic E-state index is 0.266. The van der Waals surface area contributed by atoms with Crippen molar-refractivity contribution in [1.29, 1.82) is 0 Å². The highest BCUT2D eigenvalue weighted by Crippen LogP contribution is 2.15. The van der Waals surface area contributed by atoms with Gasteiger partial charge in [0.15, 0.2) is 0 Å². The molecule has 3 rings (SSSR count). The van der Waals surface area contributed by atoms with Gasteiger partial charge in [0.1, 0.15) is 0 Å². The van der Waals surface area contributed by atoms with Gasteiger partial charge in [-0.2, -0.15) is 4.99 Å². The van der Waals surface area contributed by atoms with Crippen molar-refractivity contribution in [1.82, 2.24) is 9.97 Å². The van der Waals surface area contributed by atoms with E-state index >= 15 is 0 Å². The van der Waals surface area contributed by atoms with Gasteiger partial charge in [-0.25, -0.2) is 9.97 Å². The number of benzene rings is 2. The summed E-state index contributed by atoms with van der Waals surface area (Å²) >= 11 is 0. The molecule has 5 nitrogen and oxygen atoms in total. The van der Waals surface area contributed by atoms with Crippen molar-refractivity contribution in [3.05, 3.63) is 83.2 Å². The third kappa shape index (κ3) is 4.88. The lowest BCUT2D eigenvalue weighted by molar-refractivity contribution is 1.04. The van der Waals surface area contributed by atoms with Crippen LogP contribution in [0.1, 0.15) is 22.5 Å². The normalized spacial score (nSPS) is 11.4. The Kier molecular flexibility index (Phi) is 5.04. The number of aryl methyl sites for hydroxylation is 2. The van der Waals surface area contributed by atoms with Gasteiger partial charge < -0.3 is 11.1 Å². The van der Waals surface area contributed by atoms with Crippen molar-refractivity contribution in [3.8, 4) is 0 Å². The van der Waals surface area contributed by atoms with Crippen LogP contribution in [-0.4, -0.2) is 15.9 Å². The van der Waals surface area contributed by atoms with Crippen LogP contribution in [0.3, 0.4) is 0 Å².